The fourth-order valence-corrected chi connectivity index (χ4v) is 4.22. The van der Waals surface area contributed by atoms with Crippen molar-refractivity contribution in [3.63, 3.8) is 0 Å². The minimum Gasteiger partial charge on any atom is -0.366 e. The number of rotatable bonds is 5. The number of aryl methyl sites for hydroxylation is 1. The van der Waals surface area contributed by atoms with Crippen LogP contribution < -0.4 is 16.8 Å². The molecule has 1 unspecified atom stereocenters. The van der Waals surface area contributed by atoms with Crippen LogP contribution in [0.3, 0.4) is 0 Å². The van der Waals surface area contributed by atoms with Crippen molar-refractivity contribution in [1.82, 2.24) is 5.32 Å². The van der Waals surface area contributed by atoms with Crippen molar-refractivity contribution in [2.75, 3.05) is 6.26 Å². The molecule has 0 saturated heterocycles. The maximum absolute atomic E-state index is 11.8. The smallest absolute Gasteiger partial charge is 0.317 e. The summed E-state index contributed by atoms with van der Waals surface area (Å²) in [4.78, 5) is 24.5. The van der Waals surface area contributed by atoms with E-state index >= 15 is 0 Å². The van der Waals surface area contributed by atoms with E-state index in [4.69, 9.17) is 11.5 Å². The molecule has 0 heterocycles. The van der Waals surface area contributed by atoms with Crippen molar-refractivity contribution in [3.05, 3.63) is 45.5 Å². The van der Waals surface area contributed by atoms with Gasteiger partial charge in [-0.1, -0.05) is 23.4 Å². The zero-order valence-corrected chi connectivity index (χ0v) is 16.0. The molecule has 5 N–H and O–H groups in total. The third kappa shape index (κ3) is 4.52. The summed E-state index contributed by atoms with van der Waals surface area (Å²) in [6.45, 7) is 3.54. The molecule has 8 heteroatoms. The number of benzene rings is 1. The van der Waals surface area contributed by atoms with Gasteiger partial charge in [0.25, 0.3) is 0 Å². The topological polar surface area (TPSA) is 115 Å². The van der Waals surface area contributed by atoms with Gasteiger partial charge in [-0.25, -0.2) is 4.79 Å². The van der Waals surface area contributed by atoms with Gasteiger partial charge in [0.2, 0.25) is 5.91 Å². The lowest BCUT2D eigenvalue weighted by Gasteiger charge is -2.23. The van der Waals surface area contributed by atoms with E-state index in [1.54, 1.807) is 6.26 Å². The van der Waals surface area contributed by atoms with E-state index in [-0.39, 0.29) is 5.57 Å². The van der Waals surface area contributed by atoms with Crippen LogP contribution in [0.2, 0.25) is 0 Å². The number of urea groups is 1. The number of carbonyl (C=O) groups is 2. The molecule has 1 aromatic carbocycles. The molecule has 0 spiro atoms. The molecule has 0 aliphatic heterocycles. The summed E-state index contributed by atoms with van der Waals surface area (Å²) in [6, 6.07) is 4.98. The lowest BCUT2D eigenvalue weighted by Crippen LogP contribution is -2.30. The Morgan fingerprint density at radius 3 is 2.48 bits per heavy atom. The summed E-state index contributed by atoms with van der Waals surface area (Å²) < 4.78 is 11.8. The average molecular weight is 380 g/mol. The maximum Gasteiger partial charge on any atom is 0.317 e. The lowest BCUT2D eigenvalue weighted by molar-refractivity contribution is -0.114. The average Bonchev–Trinajstić information content (AvgIpc) is 2.54. The molecule has 3 amide bonds. The number of carbonyl (C=O) groups excluding carboxylic acids is 2. The molecule has 1 aliphatic carbocycles. The van der Waals surface area contributed by atoms with Crippen molar-refractivity contribution in [2.24, 2.45) is 11.5 Å². The summed E-state index contributed by atoms with van der Waals surface area (Å²) >= 11 is 1.25. The van der Waals surface area contributed by atoms with Crippen LogP contribution in [-0.2, 0) is 22.0 Å². The molecule has 6 nitrogen and oxygen atoms in total. The Balaban J connectivity index is 2.52. The van der Waals surface area contributed by atoms with Gasteiger partial charge in [-0.2, -0.15) is 0 Å². The van der Waals surface area contributed by atoms with E-state index in [0.29, 0.717) is 5.03 Å². The van der Waals surface area contributed by atoms with Crippen molar-refractivity contribution in [3.8, 4) is 0 Å². The first-order valence-electron chi connectivity index (χ1n) is 7.62. The summed E-state index contributed by atoms with van der Waals surface area (Å²) in [5, 5.41) is 2.79. The molecule has 134 valence electrons. The highest BCUT2D eigenvalue weighted by Gasteiger charge is 2.22. The van der Waals surface area contributed by atoms with Crippen LogP contribution in [0.15, 0.2) is 39.3 Å². The molecular weight excluding hydrogens is 358 g/mol. The Kier molecular flexibility index (Phi) is 6.07. The van der Waals surface area contributed by atoms with Gasteiger partial charge in [0.05, 0.1) is 5.03 Å². The van der Waals surface area contributed by atoms with E-state index in [2.05, 4.69) is 5.32 Å². The number of hydrogen-bond acceptors (Lipinski definition) is 4. The van der Waals surface area contributed by atoms with E-state index in [1.807, 2.05) is 25.1 Å². The first-order valence-corrected chi connectivity index (χ1v) is 9.99. The van der Waals surface area contributed by atoms with Crippen LogP contribution in [0.4, 0.5) is 4.79 Å². The van der Waals surface area contributed by atoms with Crippen LogP contribution in [0.25, 0.3) is 4.91 Å². The predicted octanol–water partition coefficient (Wildman–Crippen LogP) is 2.22. The normalized spacial score (nSPS) is 16.0. The van der Waals surface area contributed by atoms with Crippen LogP contribution in [0.5, 0.6) is 0 Å². The largest absolute Gasteiger partial charge is 0.366 e. The van der Waals surface area contributed by atoms with Crippen LogP contribution in [0.1, 0.15) is 31.4 Å². The predicted molar refractivity (Wildman–Crippen MR) is 102 cm³/mol. The third-order valence-corrected chi connectivity index (χ3v) is 6.27. The third-order valence-electron chi connectivity index (χ3n) is 3.97. The first kappa shape index (κ1) is 19.3. The molecule has 0 bridgehead atoms. The molecule has 0 aromatic heterocycles. The van der Waals surface area contributed by atoms with Gasteiger partial charge in [-0.15, -0.1) is 0 Å². The van der Waals surface area contributed by atoms with Crippen LogP contribution >= 0.6 is 11.8 Å². The number of amides is 3. The first-order chi connectivity index (χ1) is 11.7. The van der Waals surface area contributed by atoms with Crippen molar-refractivity contribution in [2.45, 2.75) is 31.6 Å². The SMILES string of the molecule is CC1=C(S/C(NC(N)=O)=C(\C)C(N)=O)c2cc(S(C)=O)ccc2CC1. The minimum absolute atomic E-state index is 0.228. The number of allylic oxidation sites excluding steroid dienone is 1. The van der Waals surface area contributed by atoms with E-state index < -0.39 is 22.7 Å². The van der Waals surface area contributed by atoms with E-state index in [1.165, 1.54) is 18.7 Å². The van der Waals surface area contributed by atoms with Gasteiger partial charge in [-0.3, -0.25) is 9.00 Å². The number of primary amides is 2. The molecule has 1 aliphatic rings. The fourth-order valence-electron chi connectivity index (χ4n) is 2.49. The van der Waals surface area contributed by atoms with Crippen molar-refractivity contribution in [1.29, 1.82) is 0 Å². The second-order valence-electron chi connectivity index (χ2n) is 5.79. The molecule has 1 aromatic rings. The molecule has 2 rings (SSSR count). The summed E-state index contributed by atoms with van der Waals surface area (Å²) in [7, 11) is -1.10. The number of nitrogens with two attached hydrogens (primary N) is 2. The number of thioether (sulfide) groups is 1. The molecule has 1 atom stereocenters. The number of fused-ring (bicyclic) bond motifs is 1. The van der Waals surface area contributed by atoms with Crippen LogP contribution in [-0.4, -0.2) is 22.4 Å². The van der Waals surface area contributed by atoms with Crippen molar-refractivity contribution >= 4 is 39.4 Å². The number of hydrogen-bond donors (Lipinski definition) is 3. The highest BCUT2D eigenvalue weighted by atomic mass is 32.2. The minimum atomic E-state index is -1.10. The highest BCUT2D eigenvalue weighted by Crippen LogP contribution is 2.42. The Bertz CT molecular complexity index is 828. The molecule has 25 heavy (non-hydrogen) atoms. The number of nitrogens with one attached hydrogen (secondary N) is 1. The van der Waals surface area contributed by atoms with E-state index in [9.17, 15) is 13.8 Å². The van der Waals surface area contributed by atoms with Gasteiger partial charge in [0.1, 0.15) is 0 Å². The Labute approximate surface area is 153 Å². The second-order valence-corrected chi connectivity index (χ2v) is 8.19. The van der Waals surface area contributed by atoms with Gasteiger partial charge in [0.15, 0.2) is 0 Å². The Hall–Kier alpha value is -2.06. The van der Waals surface area contributed by atoms with E-state index in [0.717, 1.165) is 39.3 Å². The molecule has 0 saturated carbocycles. The zero-order valence-electron chi connectivity index (χ0n) is 14.3. The Morgan fingerprint density at radius 2 is 1.92 bits per heavy atom. The lowest BCUT2D eigenvalue weighted by atomic mass is 9.93. The summed E-state index contributed by atoms with van der Waals surface area (Å²) in [5.74, 6) is -0.631. The summed E-state index contributed by atoms with van der Waals surface area (Å²) in [6.07, 6.45) is 3.38. The Morgan fingerprint density at radius 1 is 1.24 bits per heavy atom. The maximum atomic E-state index is 11.8. The molecule has 0 fully saturated rings. The monoisotopic (exact) mass is 379 g/mol. The fraction of sp³-hybridized carbons (Fsp3) is 0.294. The summed E-state index contributed by atoms with van der Waals surface area (Å²) in [5.41, 5.74) is 14.0. The van der Waals surface area contributed by atoms with Gasteiger partial charge < -0.3 is 16.8 Å². The highest BCUT2D eigenvalue weighted by molar-refractivity contribution is 8.11. The standard InChI is InChI=1S/C17H21N3O3S2/c1-9-4-5-11-6-7-12(25(3)23)8-13(11)14(9)24-16(20-17(19)22)10(2)15(18)21/h6-8H,4-5H2,1-3H3,(H2,18,21)(H3,19,20,22)/b16-10+. The quantitative estimate of drug-likeness (QED) is 0.680. The van der Waals surface area contributed by atoms with Crippen molar-refractivity contribution < 1.29 is 13.8 Å². The van der Waals surface area contributed by atoms with Crippen LogP contribution in [0, 0.1) is 0 Å². The molecule has 0 radical (unpaired) electrons. The van der Waals surface area contributed by atoms with Gasteiger partial charge >= 0.3 is 6.03 Å². The molecular formula is C17H21N3O3S2. The second kappa shape index (κ2) is 7.88. The van der Waals surface area contributed by atoms with Gasteiger partial charge in [0, 0.05) is 32.4 Å². The van der Waals surface area contributed by atoms with Gasteiger partial charge in [-0.05, 0) is 49.9 Å². The zero-order chi connectivity index (χ0) is 18.7.